The van der Waals surface area contributed by atoms with E-state index in [-0.39, 0.29) is 22.7 Å². The van der Waals surface area contributed by atoms with E-state index in [4.69, 9.17) is 12.2 Å². The van der Waals surface area contributed by atoms with E-state index in [0.717, 1.165) is 5.56 Å². The molecule has 7 heteroatoms. The fourth-order valence-electron chi connectivity index (χ4n) is 2.09. The number of nitro benzene ring substituents is 1. The first kappa shape index (κ1) is 18.3. The highest BCUT2D eigenvalue weighted by Gasteiger charge is 2.08. The van der Waals surface area contributed by atoms with Crippen LogP contribution in [0.2, 0.25) is 0 Å². The molecule has 0 aliphatic carbocycles. The third kappa shape index (κ3) is 5.82. The summed E-state index contributed by atoms with van der Waals surface area (Å²) in [6, 6.07) is 15.6. The highest BCUT2D eigenvalue weighted by Crippen LogP contribution is 2.13. The van der Waals surface area contributed by atoms with E-state index in [2.05, 4.69) is 10.6 Å². The summed E-state index contributed by atoms with van der Waals surface area (Å²) in [6.45, 7) is 1.94. The Labute approximate surface area is 150 Å². The van der Waals surface area contributed by atoms with Gasteiger partial charge in [-0.3, -0.25) is 20.2 Å². The van der Waals surface area contributed by atoms with Gasteiger partial charge in [0.2, 0.25) is 5.91 Å². The third-order valence-corrected chi connectivity index (χ3v) is 3.63. The quantitative estimate of drug-likeness (QED) is 0.372. The van der Waals surface area contributed by atoms with Crippen LogP contribution in [0.15, 0.2) is 60.7 Å². The number of benzene rings is 2. The van der Waals surface area contributed by atoms with Crippen LogP contribution in [0.1, 0.15) is 24.1 Å². The first-order valence-corrected chi connectivity index (χ1v) is 7.95. The maximum atomic E-state index is 11.9. The summed E-state index contributed by atoms with van der Waals surface area (Å²) in [4.78, 5) is 22.0. The molecule has 2 rings (SSSR count). The van der Waals surface area contributed by atoms with Gasteiger partial charge in [0.15, 0.2) is 5.11 Å². The molecule has 25 heavy (non-hydrogen) atoms. The molecule has 1 unspecified atom stereocenters. The number of nitrogens with one attached hydrogen (secondary N) is 2. The zero-order valence-corrected chi connectivity index (χ0v) is 14.3. The lowest BCUT2D eigenvalue weighted by Gasteiger charge is -2.16. The largest absolute Gasteiger partial charge is 0.356 e. The van der Waals surface area contributed by atoms with Gasteiger partial charge in [-0.05, 0) is 48.5 Å². The summed E-state index contributed by atoms with van der Waals surface area (Å²) in [7, 11) is 0. The van der Waals surface area contributed by atoms with Gasteiger partial charge in [0.25, 0.3) is 5.69 Å². The topological polar surface area (TPSA) is 84.3 Å². The number of carbonyl (C=O) groups is 1. The monoisotopic (exact) mass is 355 g/mol. The molecule has 128 valence electrons. The molecule has 0 aromatic heterocycles. The van der Waals surface area contributed by atoms with Crippen molar-refractivity contribution in [3.63, 3.8) is 0 Å². The van der Waals surface area contributed by atoms with Gasteiger partial charge in [-0.15, -0.1) is 0 Å². The molecule has 0 aliphatic rings. The van der Waals surface area contributed by atoms with Crippen molar-refractivity contribution >= 4 is 35.0 Å². The molecule has 2 N–H and O–H groups in total. The maximum Gasteiger partial charge on any atom is 0.269 e. The summed E-state index contributed by atoms with van der Waals surface area (Å²) < 4.78 is 0. The Morgan fingerprint density at radius 1 is 1.16 bits per heavy atom. The second-order valence-electron chi connectivity index (χ2n) is 5.28. The van der Waals surface area contributed by atoms with Gasteiger partial charge in [0, 0.05) is 18.2 Å². The summed E-state index contributed by atoms with van der Waals surface area (Å²) in [6.07, 6.45) is 2.88. The Bertz CT molecular complexity index is 789. The first-order valence-electron chi connectivity index (χ1n) is 7.54. The molecule has 1 atom stereocenters. The van der Waals surface area contributed by atoms with E-state index in [1.54, 1.807) is 18.2 Å². The summed E-state index contributed by atoms with van der Waals surface area (Å²) in [5.41, 5.74) is 1.74. The van der Waals surface area contributed by atoms with E-state index in [1.807, 2.05) is 37.3 Å². The normalized spacial score (nSPS) is 11.7. The molecule has 0 spiro atoms. The molecule has 0 saturated carbocycles. The molecule has 6 nitrogen and oxygen atoms in total. The van der Waals surface area contributed by atoms with Crippen molar-refractivity contribution in [2.45, 2.75) is 13.0 Å². The van der Waals surface area contributed by atoms with Crippen LogP contribution in [0.25, 0.3) is 6.08 Å². The minimum Gasteiger partial charge on any atom is -0.356 e. The van der Waals surface area contributed by atoms with Crippen molar-refractivity contribution in [2.24, 2.45) is 0 Å². The molecule has 0 fully saturated rings. The van der Waals surface area contributed by atoms with Gasteiger partial charge in [-0.1, -0.05) is 30.3 Å². The number of nitrogens with zero attached hydrogens (tertiary/aromatic N) is 1. The van der Waals surface area contributed by atoms with Crippen LogP contribution >= 0.6 is 12.2 Å². The summed E-state index contributed by atoms with van der Waals surface area (Å²) >= 11 is 5.13. The van der Waals surface area contributed by atoms with E-state index >= 15 is 0 Å². The lowest BCUT2D eigenvalue weighted by molar-refractivity contribution is -0.384. The Morgan fingerprint density at radius 3 is 2.40 bits per heavy atom. The fourth-order valence-corrected chi connectivity index (χ4v) is 2.37. The average molecular weight is 355 g/mol. The number of hydrogen-bond donors (Lipinski definition) is 2. The standard InChI is InChI=1S/C18H17N3O3S/c1-13(15-5-3-2-4-6-15)19-18(25)20-17(22)12-9-14-7-10-16(11-8-14)21(23)24/h2-13H,1H3,(H2,19,20,22,25)/b12-9+. The van der Waals surface area contributed by atoms with Crippen LogP contribution in [0.4, 0.5) is 5.69 Å². The zero-order valence-electron chi connectivity index (χ0n) is 13.5. The summed E-state index contributed by atoms with van der Waals surface area (Å²) in [5.74, 6) is -0.379. The minimum absolute atomic E-state index is 0.00174. The van der Waals surface area contributed by atoms with Crippen molar-refractivity contribution in [3.05, 3.63) is 81.9 Å². The van der Waals surface area contributed by atoms with Crippen LogP contribution in [0.3, 0.4) is 0 Å². The molecule has 0 bridgehead atoms. The van der Waals surface area contributed by atoms with Gasteiger partial charge >= 0.3 is 0 Å². The fraction of sp³-hybridized carbons (Fsp3) is 0.111. The summed E-state index contributed by atoms with van der Waals surface area (Å²) in [5, 5.41) is 16.4. The lowest BCUT2D eigenvalue weighted by atomic mass is 10.1. The van der Waals surface area contributed by atoms with E-state index in [9.17, 15) is 14.9 Å². The second kappa shape index (κ2) is 8.70. The molecule has 1 amide bonds. The van der Waals surface area contributed by atoms with Gasteiger partial charge in [-0.25, -0.2) is 0 Å². The van der Waals surface area contributed by atoms with E-state index in [1.165, 1.54) is 18.2 Å². The Hall–Kier alpha value is -3.06. The van der Waals surface area contributed by atoms with Crippen LogP contribution < -0.4 is 10.6 Å². The molecular weight excluding hydrogens is 338 g/mol. The number of thiocarbonyl (C=S) groups is 1. The number of carbonyl (C=O) groups excluding carboxylic acids is 1. The number of rotatable bonds is 5. The molecule has 2 aromatic rings. The number of nitro groups is 1. The van der Waals surface area contributed by atoms with Crippen LogP contribution in [-0.2, 0) is 4.79 Å². The first-order chi connectivity index (χ1) is 12.0. The smallest absolute Gasteiger partial charge is 0.269 e. The average Bonchev–Trinajstić information content (AvgIpc) is 2.61. The Morgan fingerprint density at radius 2 is 1.80 bits per heavy atom. The zero-order chi connectivity index (χ0) is 18.2. The molecule has 0 heterocycles. The van der Waals surface area contributed by atoms with Crippen molar-refractivity contribution in [2.75, 3.05) is 0 Å². The van der Waals surface area contributed by atoms with E-state index in [0.29, 0.717) is 5.56 Å². The number of non-ortho nitro benzene ring substituents is 1. The van der Waals surface area contributed by atoms with Crippen LogP contribution in [-0.4, -0.2) is 15.9 Å². The van der Waals surface area contributed by atoms with Crippen molar-refractivity contribution in [1.82, 2.24) is 10.6 Å². The highest BCUT2D eigenvalue weighted by atomic mass is 32.1. The molecular formula is C18H17N3O3S. The molecule has 2 aromatic carbocycles. The predicted octanol–water partition coefficient (Wildman–Crippen LogP) is 3.36. The predicted molar refractivity (Wildman–Crippen MR) is 101 cm³/mol. The Kier molecular flexibility index (Phi) is 6.36. The lowest BCUT2D eigenvalue weighted by Crippen LogP contribution is -2.39. The molecule has 0 aliphatic heterocycles. The third-order valence-electron chi connectivity index (χ3n) is 3.41. The number of hydrogen-bond acceptors (Lipinski definition) is 4. The van der Waals surface area contributed by atoms with Crippen molar-refractivity contribution in [3.8, 4) is 0 Å². The van der Waals surface area contributed by atoms with E-state index < -0.39 is 4.92 Å². The van der Waals surface area contributed by atoms with Gasteiger partial charge in [-0.2, -0.15) is 0 Å². The molecule has 0 radical (unpaired) electrons. The highest BCUT2D eigenvalue weighted by molar-refractivity contribution is 7.80. The second-order valence-corrected chi connectivity index (χ2v) is 5.69. The molecule has 0 saturated heterocycles. The van der Waals surface area contributed by atoms with Gasteiger partial charge < -0.3 is 5.32 Å². The van der Waals surface area contributed by atoms with Crippen LogP contribution in [0.5, 0.6) is 0 Å². The number of amides is 1. The van der Waals surface area contributed by atoms with Gasteiger partial charge in [0.05, 0.1) is 11.0 Å². The van der Waals surface area contributed by atoms with Crippen LogP contribution in [0, 0.1) is 10.1 Å². The maximum absolute atomic E-state index is 11.9. The van der Waals surface area contributed by atoms with Crippen molar-refractivity contribution in [1.29, 1.82) is 0 Å². The van der Waals surface area contributed by atoms with Gasteiger partial charge in [0.1, 0.15) is 0 Å². The Balaban J connectivity index is 1.86. The SMILES string of the molecule is CC(NC(=S)NC(=O)/C=C/c1ccc([N+](=O)[O-])cc1)c1ccccc1. The minimum atomic E-state index is -0.474. The van der Waals surface area contributed by atoms with Crippen molar-refractivity contribution < 1.29 is 9.72 Å².